The number of carbonyl (C=O) groups excluding carboxylic acids is 2. The molecule has 6 heteroatoms. The first-order chi connectivity index (χ1) is 12.0. The lowest BCUT2D eigenvalue weighted by Gasteiger charge is -2.14. The van der Waals surface area contributed by atoms with E-state index >= 15 is 0 Å². The molecule has 2 aromatic rings. The topological polar surface area (TPSA) is 64.6 Å². The van der Waals surface area contributed by atoms with Crippen molar-refractivity contribution in [3.63, 3.8) is 0 Å². The first kappa shape index (κ1) is 18.4. The molecule has 0 radical (unpaired) electrons. The molecular formula is C19H20FNO4. The summed E-state index contributed by atoms with van der Waals surface area (Å²) in [6, 6.07) is 12.0. The number of amides is 1. The second-order valence-corrected chi connectivity index (χ2v) is 5.42. The van der Waals surface area contributed by atoms with Gasteiger partial charge in [-0.1, -0.05) is 13.0 Å². The summed E-state index contributed by atoms with van der Waals surface area (Å²) in [6.45, 7) is 4.05. The van der Waals surface area contributed by atoms with Crippen molar-refractivity contribution in [3.05, 3.63) is 59.9 Å². The van der Waals surface area contributed by atoms with Crippen LogP contribution in [0, 0.1) is 5.82 Å². The lowest BCUT2D eigenvalue weighted by Crippen LogP contribution is -2.30. The van der Waals surface area contributed by atoms with Gasteiger partial charge in [-0.15, -0.1) is 0 Å². The lowest BCUT2D eigenvalue weighted by atomic mass is 10.2. The third-order valence-corrected chi connectivity index (χ3v) is 3.31. The minimum absolute atomic E-state index is 0.297. The van der Waals surface area contributed by atoms with Gasteiger partial charge in [0.15, 0.2) is 6.10 Å². The van der Waals surface area contributed by atoms with Crippen LogP contribution in [-0.4, -0.2) is 24.6 Å². The van der Waals surface area contributed by atoms with E-state index in [4.69, 9.17) is 9.47 Å². The van der Waals surface area contributed by atoms with Crippen molar-refractivity contribution in [2.45, 2.75) is 26.4 Å². The van der Waals surface area contributed by atoms with Gasteiger partial charge in [0.05, 0.1) is 12.2 Å². The molecule has 0 heterocycles. The van der Waals surface area contributed by atoms with Gasteiger partial charge in [0, 0.05) is 5.69 Å². The van der Waals surface area contributed by atoms with Crippen molar-refractivity contribution in [1.29, 1.82) is 0 Å². The number of benzene rings is 2. The highest BCUT2D eigenvalue weighted by Crippen LogP contribution is 2.15. The SMILES string of the molecule is CCCOc1ccc(C(=O)O[C@@H](C)C(=O)Nc2cccc(F)c2)cc1. The van der Waals surface area contributed by atoms with Crippen molar-refractivity contribution in [2.75, 3.05) is 11.9 Å². The Morgan fingerprint density at radius 2 is 1.88 bits per heavy atom. The summed E-state index contributed by atoms with van der Waals surface area (Å²) < 4.78 is 23.7. The number of carbonyl (C=O) groups is 2. The van der Waals surface area contributed by atoms with Crippen LogP contribution in [0.5, 0.6) is 5.75 Å². The van der Waals surface area contributed by atoms with Crippen LogP contribution in [-0.2, 0) is 9.53 Å². The summed E-state index contributed by atoms with van der Waals surface area (Å²) in [6.07, 6.45) is -0.131. The summed E-state index contributed by atoms with van der Waals surface area (Å²) in [7, 11) is 0. The zero-order valence-corrected chi connectivity index (χ0v) is 14.1. The van der Waals surface area contributed by atoms with Gasteiger partial charge in [-0.05, 0) is 55.8 Å². The van der Waals surface area contributed by atoms with E-state index in [0.29, 0.717) is 23.6 Å². The number of hydrogen-bond acceptors (Lipinski definition) is 4. The number of esters is 1. The van der Waals surface area contributed by atoms with Crippen molar-refractivity contribution < 1.29 is 23.5 Å². The highest BCUT2D eigenvalue weighted by atomic mass is 19.1. The molecule has 2 rings (SSSR count). The molecule has 0 fully saturated rings. The fourth-order valence-electron chi connectivity index (χ4n) is 2.00. The number of ether oxygens (including phenoxy) is 2. The third-order valence-electron chi connectivity index (χ3n) is 3.31. The smallest absolute Gasteiger partial charge is 0.338 e. The fourth-order valence-corrected chi connectivity index (χ4v) is 2.00. The first-order valence-electron chi connectivity index (χ1n) is 8.00. The number of nitrogens with one attached hydrogen (secondary N) is 1. The Morgan fingerprint density at radius 3 is 2.52 bits per heavy atom. The molecule has 0 aromatic heterocycles. The molecule has 1 amide bonds. The van der Waals surface area contributed by atoms with Gasteiger partial charge in [-0.2, -0.15) is 0 Å². The minimum Gasteiger partial charge on any atom is -0.494 e. The van der Waals surface area contributed by atoms with Crippen LogP contribution in [0.4, 0.5) is 10.1 Å². The van der Waals surface area contributed by atoms with Crippen molar-refractivity contribution >= 4 is 17.6 Å². The fraction of sp³-hybridized carbons (Fsp3) is 0.263. The van der Waals surface area contributed by atoms with E-state index in [1.807, 2.05) is 6.92 Å². The van der Waals surface area contributed by atoms with Gasteiger partial charge in [-0.25, -0.2) is 9.18 Å². The molecule has 0 unspecified atom stereocenters. The van der Waals surface area contributed by atoms with Crippen LogP contribution >= 0.6 is 0 Å². The molecular weight excluding hydrogens is 325 g/mol. The molecule has 0 aliphatic heterocycles. The van der Waals surface area contributed by atoms with Crippen LogP contribution in [0.15, 0.2) is 48.5 Å². The van der Waals surface area contributed by atoms with Gasteiger partial charge in [-0.3, -0.25) is 4.79 Å². The normalized spacial score (nSPS) is 11.5. The minimum atomic E-state index is -1.02. The lowest BCUT2D eigenvalue weighted by molar-refractivity contribution is -0.123. The number of anilines is 1. The highest BCUT2D eigenvalue weighted by molar-refractivity contribution is 5.97. The monoisotopic (exact) mass is 345 g/mol. The molecule has 1 atom stereocenters. The Hall–Kier alpha value is -2.89. The molecule has 132 valence electrons. The molecule has 5 nitrogen and oxygen atoms in total. The van der Waals surface area contributed by atoms with Gasteiger partial charge in [0.1, 0.15) is 11.6 Å². The molecule has 0 saturated heterocycles. The summed E-state index contributed by atoms with van der Waals surface area (Å²) in [4.78, 5) is 24.1. The molecule has 0 aliphatic carbocycles. The van der Waals surface area contributed by atoms with Crippen molar-refractivity contribution in [3.8, 4) is 5.75 Å². The largest absolute Gasteiger partial charge is 0.494 e. The van der Waals surface area contributed by atoms with E-state index in [9.17, 15) is 14.0 Å². The van der Waals surface area contributed by atoms with Crippen LogP contribution in [0.3, 0.4) is 0 Å². The zero-order valence-electron chi connectivity index (χ0n) is 14.1. The predicted molar refractivity (Wildman–Crippen MR) is 92.1 cm³/mol. The summed E-state index contributed by atoms with van der Waals surface area (Å²) in [5.41, 5.74) is 0.611. The van der Waals surface area contributed by atoms with Crippen molar-refractivity contribution in [1.82, 2.24) is 0 Å². The number of hydrogen-bond donors (Lipinski definition) is 1. The molecule has 0 bridgehead atoms. The maximum atomic E-state index is 13.1. The average molecular weight is 345 g/mol. The highest BCUT2D eigenvalue weighted by Gasteiger charge is 2.19. The Labute approximate surface area is 145 Å². The molecule has 0 aliphatic rings. The standard InChI is InChI=1S/C19H20FNO4/c1-3-11-24-17-9-7-14(8-10-17)19(23)25-13(2)18(22)21-16-6-4-5-15(20)12-16/h4-10,12-13H,3,11H2,1-2H3,(H,21,22)/t13-/m0/s1. The van der Waals surface area contributed by atoms with E-state index in [1.165, 1.54) is 25.1 Å². The number of rotatable bonds is 7. The summed E-state index contributed by atoms with van der Waals surface area (Å²) >= 11 is 0. The summed E-state index contributed by atoms with van der Waals surface area (Å²) in [5.74, 6) is -0.964. The van der Waals surface area contributed by atoms with E-state index in [-0.39, 0.29) is 0 Å². The summed E-state index contributed by atoms with van der Waals surface area (Å²) in [5, 5.41) is 2.50. The molecule has 2 aromatic carbocycles. The van der Waals surface area contributed by atoms with Gasteiger partial charge in [0.25, 0.3) is 5.91 Å². The molecule has 1 N–H and O–H groups in total. The Morgan fingerprint density at radius 1 is 1.16 bits per heavy atom. The second kappa shape index (κ2) is 8.82. The van der Waals surface area contributed by atoms with Gasteiger partial charge < -0.3 is 14.8 Å². The molecule has 25 heavy (non-hydrogen) atoms. The Kier molecular flexibility index (Phi) is 6.51. The maximum Gasteiger partial charge on any atom is 0.338 e. The van der Waals surface area contributed by atoms with E-state index in [1.54, 1.807) is 30.3 Å². The Bertz CT molecular complexity index is 730. The van der Waals surface area contributed by atoms with Crippen LogP contribution < -0.4 is 10.1 Å². The zero-order chi connectivity index (χ0) is 18.2. The first-order valence-corrected chi connectivity index (χ1v) is 8.00. The third kappa shape index (κ3) is 5.60. The second-order valence-electron chi connectivity index (χ2n) is 5.42. The van der Waals surface area contributed by atoms with Crippen LogP contribution in [0.2, 0.25) is 0 Å². The van der Waals surface area contributed by atoms with Gasteiger partial charge in [0.2, 0.25) is 0 Å². The van der Waals surface area contributed by atoms with Gasteiger partial charge >= 0.3 is 5.97 Å². The van der Waals surface area contributed by atoms with E-state index < -0.39 is 23.8 Å². The van der Waals surface area contributed by atoms with Crippen molar-refractivity contribution in [2.24, 2.45) is 0 Å². The predicted octanol–water partition coefficient (Wildman–Crippen LogP) is 3.80. The Balaban J connectivity index is 1.91. The van der Waals surface area contributed by atoms with Crippen LogP contribution in [0.25, 0.3) is 0 Å². The van der Waals surface area contributed by atoms with Crippen LogP contribution in [0.1, 0.15) is 30.6 Å². The maximum absolute atomic E-state index is 13.1. The molecule has 0 spiro atoms. The average Bonchev–Trinajstić information content (AvgIpc) is 2.60. The number of halogens is 1. The van der Waals surface area contributed by atoms with E-state index in [2.05, 4.69) is 5.32 Å². The quantitative estimate of drug-likeness (QED) is 0.775. The molecule has 0 saturated carbocycles. The van der Waals surface area contributed by atoms with E-state index in [0.717, 1.165) is 6.42 Å².